The summed E-state index contributed by atoms with van der Waals surface area (Å²) in [4.78, 5) is 8.58. The van der Waals surface area contributed by atoms with E-state index < -0.39 is 0 Å². The van der Waals surface area contributed by atoms with Gasteiger partial charge in [0.2, 0.25) is 5.95 Å². The average Bonchev–Trinajstić information content (AvgIpc) is 2.52. The zero-order chi connectivity index (χ0) is 15.2. The summed E-state index contributed by atoms with van der Waals surface area (Å²) in [5.74, 6) is 1.49. The lowest BCUT2D eigenvalue weighted by Gasteiger charge is -2.17. The number of anilines is 3. The fourth-order valence-corrected chi connectivity index (χ4v) is 2.19. The topological polar surface area (TPSA) is 102 Å². The number of hydrogen-bond acceptors (Lipinski definition) is 6. The molecule has 21 heavy (non-hydrogen) atoms. The van der Waals surface area contributed by atoms with Crippen LogP contribution in [0.1, 0.15) is 18.4 Å². The van der Waals surface area contributed by atoms with Crippen LogP contribution in [-0.4, -0.2) is 29.6 Å². The van der Waals surface area contributed by atoms with Crippen molar-refractivity contribution in [3.05, 3.63) is 35.9 Å². The smallest absolute Gasteiger partial charge is 0.226 e. The third-order valence-electron chi connectivity index (χ3n) is 3.35. The predicted molar refractivity (Wildman–Crippen MR) is 89.0 cm³/mol. The molecule has 0 saturated carbocycles. The molecule has 0 fully saturated rings. The normalized spacial score (nSPS) is 15.2. The summed E-state index contributed by atoms with van der Waals surface area (Å²) in [6, 6.07) is -0.0940. The third-order valence-corrected chi connectivity index (χ3v) is 3.35. The quantitative estimate of drug-likeness (QED) is 0.635. The Bertz CT molecular complexity index is 576. The number of aromatic nitrogens is 2. The van der Waals surface area contributed by atoms with E-state index in [4.69, 9.17) is 11.5 Å². The molecule has 6 N–H and O–H groups in total. The van der Waals surface area contributed by atoms with Crippen LogP contribution in [0.5, 0.6) is 0 Å². The van der Waals surface area contributed by atoms with Gasteiger partial charge in [0.25, 0.3) is 0 Å². The van der Waals surface area contributed by atoms with Crippen molar-refractivity contribution in [3.63, 3.8) is 0 Å². The van der Waals surface area contributed by atoms with Crippen LogP contribution in [0.3, 0.4) is 0 Å². The second kappa shape index (κ2) is 6.90. The van der Waals surface area contributed by atoms with Crippen LogP contribution in [0, 0.1) is 0 Å². The summed E-state index contributed by atoms with van der Waals surface area (Å²) >= 11 is 0. The molecule has 6 heteroatoms. The molecule has 2 rings (SSSR count). The van der Waals surface area contributed by atoms with Gasteiger partial charge in [-0.1, -0.05) is 30.9 Å². The van der Waals surface area contributed by atoms with Crippen molar-refractivity contribution >= 4 is 23.7 Å². The van der Waals surface area contributed by atoms with E-state index in [1.807, 2.05) is 0 Å². The van der Waals surface area contributed by atoms with Crippen LogP contribution in [0.4, 0.5) is 17.6 Å². The summed E-state index contributed by atoms with van der Waals surface area (Å²) in [6.45, 7) is 4.26. The van der Waals surface area contributed by atoms with Gasteiger partial charge >= 0.3 is 0 Å². The van der Waals surface area contributed by atoms with E-state index >= 15 is 0 Å². The molecule has 1 heterocycles. The van der Waals surface area contributed by atoms with Crippen molar-refractivity contribution in [1.82, 2.24) is 9.97 Å². The van der Waals surface area contributed by atoms with E-state index in [2.05, 4.69) is 45.4 Å². The molecule has 0 spiro atoms. The van der Waals surface area contributed by atoms with Gasteiger partial charge in [-0.3, -0.25) is 0 Å². The molecule has 1 aliphatic carbocycles. The lowest BCUT2D eigenvalue weighted by atomic mass is 10.0. The summed E-state index contributed by atoms with van der Waals surface area (Å²) in [5, 5.41) is 6.11. The summed E-state index contributed by atoms with van der Waals surface area (Å²) in [5.41, 5.74) is 13.9. The first kappa shape index (κ1) is 15.1. The molecule has 0 amide bonds. The van der Waals surface area contributed by atoms with E-state index in [1.165, 1.54) is 0 Å². The maximum absolute atomic E-state index is 6.16. The molecule has 0 saturated heterocycles. The van der Waals surface area contributed by atoms with Gasteiger partial charge in [-0.05, 0) is 18.4 Å². The van der Waals surface area contributed by atoms with E-state index in [0.717, 1.165) is 18.4 Å². The Morgan fingerprint density at radius 3 is 2.86 bits per heavy atom. The van der Waals surface area contributed by atoms with Gasteiger partial charge in [0.15, 0.2) is 0 Å². The van der Waals surface area contributed by atoms with Crippen molar-refractivity contribution in [2.75, 3.05) is 30.0 Å². The number of nitrogens with two attached hydrogens (primary N) is 2. The van der Waals surface area contributed by atoms with Crippen molar-refractivity contribution in [1.29, 1.82) is 0 Å². The molecular formula is C15H22N6. The third kappa shape index (κ3) is 3.61. The molecule has 1 aliphatic rings. The standard InChI is InChI=1S/C15H22N6/c1-3-11-13(17)20-15(21-14(11)18-2)19-9-12(16)10-7-5-4-6-8-10/h3,5,7-8,12H,1,4,6,9,16H2,2H3,(H4,17,18,19,20,21). The van der Waals surface area contributed by atoms with Crippen LogP contribution in [0.2, 0.25) is 0 Å². The van der Waals surface area contributed by atoms with Crippen molar-refractivity contribution in [3.8, 4) is 0 Å². The van der Waals surface area contributed by atoms with Crippen LogP contribution in [0.25, 0.3) is 6.08 Å². The summed E-state index contributed by atoms with van der Waals surface area (Å²) < 4.78 is 0. The Morgan fingerprint density at radius 1 is 1.43 bits per heavy atom. The van der Waals surface area contributed by atoms with Crippen LogP contribution >= 0.6 is 0 Å². The van der Waals surface area contributed by atoms with Gasteiger partial charge in [0.05, 0.1) is 5.56 Å². The van der Waals surface area contributed by atoms with Gasteiger partial charge < -0.3 is 22.1 Å². The predicted octanol–water partition coefficient (Wildman–Crippen LogP) is 1.76. The van der Waals surface area contributed by atoms with Crippen molar-refractivity contribution < 1.29 is 0 Å². The molecule has 6 nitrogen and oxygen atoms in total. The van der Waals surface area contributed by atoms with Gasteiger partial charge in [-0.25, -0.2) is 0 Å². The van der Waals surface area contributed by atoms with Crippen LogP contribution in [0.15, 0.2) is 30.4 Å². The lowest BCUT2D eigenvalue weighted by molar-refractivity contribution is 0.800. The summed E-state index contributed by atoms with van der Waals surface area (Å²) in [7, 11) is 1.78. The average molecular weight is 286 g/mol. The first-order chi connectivity index (χ1) is 10.2. The maximum atomic E-state index is 6.16. The minimum absolute atomic E-state index is 0.0940. The summed E-state index contributed by atoms with van der Waals surface area (Å²) in [6.07, 6.45) is 10.1. The Kier molecular flexibility index (Phi) is 4.94. The van der Waals surface area contributed by atoms with Crippen LogP contribution in [-0.2, 0) is 0 Å². The van der Waals surface area contributed by atoms with Gasteiger partial charge in [0.1, 0.15) is 11.6 Å². The minimum atomic E-state index is -0.0940. The van der Waals surface area contributed by atoms with E-state index in [-0.39, 0.29) is 6.04 Å². The first-order valence-electron chi connectivity index (χ1n) is 6.99. The Morgan fingerprint density at radius 2 is 2.24 bits per heavy atom. The number of hydrogen-bond donors (Lipinski definition) is 4. The Hall–Kier alpha value is -2.34. The van der Waals surface area contributed by atoms with E-state index in [0.29, 0.717) is 29.7 Å². The maximum Gasteiger partial charge on any atom is 0.226 e. The van der Waals surface area contributed by atoms with Gasteiger partial charge in [-0.2, -0.15) is 9.97 Å². The van der Waals surface area contributed by atoms with E-state index in [9.17, 15) is 0 Å². The minimum Gasteiger partial charge on any atom is -0.383 e. The Labute approximate surface area is 125 Å². The number of rotatable bonds is 6. The molecule has 0 radical (unpaired) electrons. The highest BCUT2D eigenvalue weighted by Crippen LogP contribution is 2.21. The monoisotopic (exact) mass is 286 g/mol. The highest BCUT2D eigenvalue weighted by atomic mass is 15.2. The number of allylic oxidation sites excluding steroid dienone is 2. The first-order valence-corrected chi connectivity index (χ1v) is 6.99. The second-order valence-corrected chi connectivity index (χ2v) is 4.82. The molecule has 1 aromatic heterocycles. The number of nitrogens with zero attached hydrogens (tertiary/aromatic N) is 2. The molecule has 1 atom stereocenters. The largest absolute Gasteiger partial charge is 0.383 e. The molecule has 1 aromatic rings. The number of nitrogens with one attached hydrogen (secondary N) is 2. The molecule has 112 valence electrons. The van der Waals surface area contributed by atoms with Crippen molar-refractivity contribution in [2.24, 2.45) is 5.73 Å². The van der Waals surface area contributed by atoms with Gasteiger partial charge in [0, 0.05) is 19.6 Å². The molecule has 0 aromatic carbocycles. The number of nitrogen functional groups attached to an aromatic ring is 1. The Balaban J connectivity index is 2.06. The SMILES string of the molecule is C=Cc1c(N)nc(NCC(N)C2=CCCC=C2)nc1NC. The zero-order valence-electron chi connectivity index (χ0n) is 12.3. The molecular weight excluding hydrogens is 264 g/mol. The van der Waals surface area contributed by atoms with Crippen molar-refractivity contribution in [2.45, 2.75) is 18.9 Å². The second-order valence-electron chi connectivity index (χ2n) is 4.82. The molecule has 1 unspecified atom stereocenters. The fourth-order valence-electron chi connectivity index (χ4n) is 2.19. The zero-order valence-corrected chi connectivity index (χ0v) is 12.3. The molecule has 0 bridgehead atoms. The highest BCUT2D eigenvalue weighted by molar-refractivity contribution is 5.72. The van der Waals surface area contributed by atoms with Crippen LogP contribution < -0.4 is 22.1 Å². The van der Waals surface area contributed by atoms with Gasteiger partial charge in [-0.15, -0.1) is 0 Å². The highest BCUT2D eigenvalue weighted by Gasteiger charge is 2.12. The van der Waals surface area contributed by atoms with E-state index in [1.54, 1.807) is 13.1 Å². The molecule has 0 aliphatic heterocycles. The lowest BCUT2D eigenvalue weighted by Crippen LogP contribution is -2.31. The fraction of sp³-hybridized carbons (Fsp3) is 0.333.